The van der Waals surface area contributed by atoms with Gasteiger partial charge in [0.05, 0.1) is 0 Å². The molecule has 3 rings (SSSR count). The number of likely N-dealkylation sites (tertiary alicyclic amines) is 1. The van der Waals surface area contributed by atoms with Crippen LogP contribution in [0.25, 0.3) is 0 Å². The highest BCUT2D eigenvalue weighted by molar-refractivity contribution is 5.85. The SMILES string of the molecule is CC1(CN2CCCCC2Cc2ccccc2)CCNC1.Cl. The molecule has 1 aromatic rings. The van der Waals surface area contributed by atoms with Crippen molar-refractivity contribution < 1.29 is 0 Å². The van der Waals surface area contributed by atoms with Gasteiger partial charge in [0, 0.05) is 19.1 Å². The monoisotopic (exact) mass is 308 g/mol. The highest BCUT2D eigenvalue weighted by Gasteiger charge is 2.33. The third-order valence-corrected chi connectivity index (χ3v) is 5.11. The average molecular weight is 309 g/mol. The van der Waals surface area contributed by atoms with Crippen LogP contribution in [-0.2, 0) is 6.42 Å². The Labute approximate surface area is 135 Å². The molecule has 2 saturated heterocycles. The van der Waals surface area contributed by atoms with Crippen molar-refractivity contribution in [2.75, 3.05) is 26.2 Å². The van der Waals surface area contributed by atoms with Gasteiger partial charge in [0.15, 0.2) is 0 Å². The summed E-state index contributed by atoms with van der Waals surface area (Å²) < 4.78 is 0. The van der Waals surface area contributed by atoms with Gasteiger partial charge in [-0.05, 0) is 49.8 Å². The Morgan fingerprint density at radius 2 is 2.05 bits per heavy atom. The molecule has 3 heteroatoms. The summed E-state index contributed by atoms with van der Waals surface area (Å²) in [4.78, 5) is 2.78. The Kier molecular flexibility index (Phi) is 6.09. The average Bonchev–Trinajstić information content (AvgIpc) is 2.89. The lowest BCUT2D eigenvalue weighted by Gasteiger charge is -2.40. The van der Waals surface area contributed by atoms with E-state index >= 15 is 0 Å². The number of rotatable bonds is 4. The first-order chi connectivity index (χ1) is 9.75. The van der Waals surface area contributed by atoms with E-state index in [0.29, 0.717) is 5.41 Å². The molecule has 0 aliphatic carbocycles. The largest absolute Gasteiger partial charge is 0.316 e. The molecule has 2 atom stereocenters. The zero-order chi connectivity index (χ0) is 13.8. The molecule has 2 aliphatic rings. The van der Waals surface area contributed by atoms with E-state index in [4.69, 9.17) is 0 Å². The molecule has 2 nitrogen and oxygen atoms in total. The topological polar surface area (TPSA) is 15.3 Å². The summed E-state index contributed by atoms with van der Waals surface area (Å²) in [5.41, 5.74) is 1.99. The van der Waals surface area contributed by atoms with Crippen molar-refractivity contribution >= 4 is 12.4 Å². The fourth-order valence-electron chi connectivity index (χ4n) is 3.88. The maximum atomic E-state index is 3.54. The molecule has 2 unspecified atom stereocenters. The van der Waals surface area contributed by atoms with E-state index in [0.717, 1.165) is 6.04 Å². The van der Waals surface area contributed by atoms with Crippen molar-refractivity contribution in [2.45, 2.75) is 45.1 Å². The van der Waals surface area contributed by atoms with Crippen LogP contribution in [0, 0.1) is 5.41 Å². The molecule has 2 aliphatic heterocycles. The first-order valence-electron chi connectivity index (χ1n) is 8.24. The predicted molar refractivity (Wildman–Crippen MR) is 92.2 cm³/mol. The van der Waals surface area contributed by atoms with Crippen molar-refractivity contribution in [1.82, 2.24) is 10.2 Å². The van der Waals surface area contributed by atoms with Gasteiger partial charge in [0.1, 0.15) is 0 Å². The Bertz CT molecular complexity index is 414. The molecule has 21 heavy (non-hydrogen) atoms. The molecule has 1 N–H and O–H groups in total. The molecule has 0 radical (unpaired) electrons. The van der Waals surface area contributed by atoms with Crippen LogP contribution in [0.5, 0.6) is 0 Å². The molecule has 118 valence electrons. The van der Waals surface area contributed by atoms with Crippen molar-refractivity contribution in [3.63, 3.8) is 0 Å². The molecule has 2 heterocycles. The Morgan fingerprint density at radius 1 is 1.24 bits per heavy atom. The van der Waals surface area contributed by atoms with E-state index in [-0.39, 0.29) is 12.4 Å². The number of halogens is 1. The summed E-state index contributed by atoms with van der Waals surface area (Å²) in [6.07, 6.45) is 6.72. The first-order valence-corrected chi connectivity index (χ1v) is 8.24. The Morgan fingerprint density at radius 3 is 2.76 bits per heavy atom. The van der Waals surface area contributed by atoms with Crippen LogP contribution in [0.15, 0.2) is 30.3 Å². The first kappa shape index (κ1) is 16.8. The molecule has 1 aromatic carbocycles. The molecular formula is C18H29ClN2. The van der Waals surface area contributed by atoms with E-state index in [1.54, 1.807) is 0 Å². The predicted octanol–water partition coefficient (Wildman–Crippen LogP) is 3.51. The van der Waals surface area contributed by atoms with Crippen molar-refractivity contribution in [2.24, 2.45) is 5.41 Å². The number of piperidine rings is 1. The highest BCUT2D eigenvalue weighted by Crippen LogP contribution is 2.30. The highest BCUT2D eigenvalue weighted by atomic mass is 35.5. The summed E-state index contributed by atoms with van der Waals surface area (Å²) in [6, 6.07) is 11.8. The van der Waals surface area contributed by atoms with Gasteiger partial charge in [0.2, 0.25) is 0 Å². The van der Waals surface area contributed by atoms with E-state index in [1.807, 2.05) is 0 Å². The van der Waals surface area contributed by atoms with Gasteiger partial charge in [-0.1, -0.05) is 43.7 Å². The van der Waals surface area contributed by atoms with Gasteiger partial charge in [-0.3, -0.25) is 4.90 Å². The number of hydrogen-bond donors (Lipinski definition) is 1. The second kappa shape index (κ2) is 7.62. The van der Waals surface area contributed by atoms with Crippen LogP contribution in [-0.4, -0.2) is 37.1 Å². The lowest BCUT2D eigenvalue weighted by Crippen LogP contribution is -2.46. The quantitative estimate of drug-likeness (QED) is 0.916. The van der Waals surface area contributed by atoms with Crippen molar-refractivity contribution in [3.8, 4) is 0 Å². The summed E-state index contributed by atoms with van der Waals surface area (Å²) in [5.74, 6) is 0. The third-order valence-electron chi connectivity index (χ3n) is 5.11. The molecule has 2 fully saturated rings. The molecule has 0 amide bonds. The molecular weight excluding hydrogens is 280 g/mol. The summed E-state index contributed by atoms with van der Waals surface area (Å²) in [6.45, 7) is 7.43. The molecule has 0 aromatic heterocycles. The van der Waals surface area contributed by atoms with Crippen LogP contribution < -0.4 is 5.32 Å². The van der Waals surface area contributed by atoms with Crippen LogP contribution in [0.1, 0.15) is 38.2 Å². The molecule has 0 bridgehead atoms. The zero-order valence-electron chi connectivity index (χ0n) is 13.2. The maximum Gasteiger partial charge on any atom is 0.0136 e. The minimum atomic E-state index is 0. The van der Waals surface area contributed by atoms with Crippen molar-refractivity contribution in [3.05, 3.63) is 35.9 Å². The van der Waals surface area contributed by atoms with Gasteiger partial charge in [0.25, 0.3) is 0 Å². The van der Waals surface area contributed by atoms with Gasteiger partial charge in [-0.25, -0.2) is 0 Å². The van der Waals surface area contributed by atoms with Crippen molar-refractivity contribution in [1.29, 1.82) is 0 Å². The smallest absolute Gasteiger partial charge is 0.0136 e. The van der Waals surface area contributed by atoms with E-state index in [9.17, 15) is 0 Å². The summed E-state index contributed by atoms with van der Waals surface area (Å²) >= 11 is 0. The normalized spacial score (nSPS) is 30.0. The number of hydrogen-bond acceptors (Lipinski definition) is 2. The summed E-state index contributed by atoms with van der Waals surface area (Å²) in [5, 5.41) is 3.54. The van der Waals surface area contributed by atoms with Crippen LogP contribution >= 0.6 is 12.4 Å². The standard InChI is InChI=1S/C18H28N2.ClH/c1-18(10-11-19-14-18)15-20-12-6-5-9-17(20)13-16-7-3-2-4-8-16;/h2-4,7-8,17,19H,5-6,9-15H2,1H3;1H. The van der Waals surface area contributed by atoms with E-state index in [2.05, 4.69) is 47.5 Å². The van der Waals surface area contributed by atoms with Crippen LogP contribution in [0.2, 0.25) is 0 Å². The Balaban J connectivity index is 0.00000161. The lowest BCUT2D eigenvalue weighted by molar-refractivity contribution is 0.0958. The molecule has 0 saturated carbocycles. The van der Waals surface area contributed by atoms with Gasteiger partial charge < -0.3 is 5.32 Å². The fraction of sp³-hybridized carbons (Fsp3) is 0.667. The Hall–Kier alpha value is -0.570. The van der Waals surface area contributed by atoms with Crippen LogP contribution in [0.4, 0.5) is 0 Å². The number of benzene rings is 1. The summed E-state index contributed by atoms with van der Waals surface area (Å²) in [7, 11) is 0. The molecule has 0 spiro atoms. The van der Waals surface area contributed by atoms with Crippen LogP contribution in [0.3, 0.4) is 0 Å². The minimum absolute atomic E-state index is 0. The number of nitrogens with zero attached hydrogens (tertiary/aromatic N) is 1. The third kappa shape index (κ3) is 4.45. The van der Waals surface area contributed by atoms with Gasteiger partial charge >= 0.3 is 0 Å². The minimum Gasteiger partial charge on any atom is -0.316 e. The van der Waals surface area contributed by atoms with E-state index < -0.39 is 0 Å². The van der Waals surface area contributed by atoms with Gasteiger partial charge in [-0.2, -0.15) is 0 Å². The number of nitrogens with one attached hydrogen (secondary N) is 1. The van der Waals surface area contributed by atoms with E-state index in [1.165, 1.54) is 63.8 Å². The second-order valence-electron chi connectivity index (χ2n) is 7.05. The van der Waals surface area contributed by atoms with Gasteiger partial charge in [-0.15, -0.1) is 12.4 Å². The second-order valence-corrected chi connectivity index (χ2v) is 7.05. The fourth-order valence-corrected chi connectivity index (χ4v) is 3.88. The maximum absolute atomic E-state index is 3.54. The zero-order valence-corrected chi connectivity index (χ0v) is 14.0. The lowest BCUT2D eigenvalue weighted by atomic mass is 9.86.